The summed E-state index contributed by atoms with van der Waals surface area (Å²) in [5.41, 5.74) is 7.23. The van der Waals surface area contributed by atoms with Crippen LogP contribution in [0.5, 0.6) is 0 Å². The zero-order valence-corrected chi connectivity index (χ0v) is 13.9. The summed E-state index contributed by atoms with van der Waals surface area (Å²) >= 11 is 0. The molecule has 130 valence electrons. The van der Waals surface area contributed by atoms with Crippen molar-refractivity contribution in [3.63, 3.8) is 0 Å². The molecule has 0 fully saturated rings. The Morgan fingerprint density at radius 3 is 1.96 bits per heavy atom. The summed E-state index contributed by atoms with van der Waals surface area (Å²) in [7, 11) is 1.32. The van der Waals surface area contributed by atoms with Crippen LogP contribution in [-0.2, 0) is 9.53 Å². The highest BCUT2D eigenvalue weighted by Gasteiger charge is 2.13. The van der Waals surface area contributed by atoms with Gasteiger partial charge in [0.1, 0.15) is 6.04 Å². The minimum Gasteiger partial charge on any atom is -0.465 e. The first-order chi connectivity index (χ1) is 11.9. The minimum atomic E-state index is -0.525. The van der Waals surface area contributed by atoms with E-state index < -0.39 is 17.9 Å². The number of methoxy groups -OCH3 is 1. The van der Waals surface area contributed by atoms with Crippen LogP contribution in [0.4, 0.5) is 11.4 Å². The third-order valence-electron chi connectivity index (χ3n) is 3.52. The highest BCUT2D eigenvalue weighted by atomic mass is 16.5. The van der Waals surface area contributed by atoms with Crippen molar-refractivity contribution in [2.24, 2.45) is 5.73 Å². The molecule has 0 bridgehead atoms. The quantitative estimate of drug-likeness (QED) is 0.696. The SMILES string of the molecule is COC(=O)c1ccc(N[C@@H](C)C(=O)Nc2ccc(C(N)=O)cc2)cc1. The molecule has 0 aliphatic carbocycles. The molecule has 25 heavy (non-hydrogen) atoms. The van der Waals surface area contributed by atoms with Crippen LogP contribution in [0.25, 0.3) is 0 Å². The van der Waals surface area contributed by atoms with Crippen LogP contribution in [0.2, 0.25) is 0 Å². The number of amides is 2. The van der Waals surface area contributed by atoms with E-state index in [1.54, 1.807) is 55.5 Å². The third kappa shape index (κ3) is 4.81. The fraction of sp³-hybridized carbons (Fsp3) is 0.167. The van der Waals surface area contributed by atoms with Crippen molar-refractivity contribution in [1.82, 2.24) is 0 Å². The molecule has 0 spiro atoms. The van der Waals surface area contributed by atoms with Crippen LogP contribution in [0.1, 0.15) is 27.6 Å². The average Bonchev–Trinajstić information content (AvgIpc) is 2.62. The predicted molar refractivity (Wildman–Crippen MR) is 94.5 cm³/mol. The van der Waals surface area contributed by atoms with E-state index in [2.05, 4.69) is 15.4 Å². The Morgan fingerprint density at radius 2 is 1.44 bits per heavy atom. The average molecular weight is 341 g/mol. The number of carbonyl (C=O) groups excluding carboxylic acids is 3. The summed E-state index contributed by atoms with van der Waals surface area (Å²) < 4.78 is 4.63. The molecular formula is C18H19N3O4. The largest absolute Gasteiger partial charge is 0.465 e. The molecule has 7 heteroatoms. The minimum absolute atomic E-state index is 0.246. The Labute approximate surface area is 145 Å². The van der Waals surface area contributed by atoms with Crippen molar-refractivity contribution < 1.29 is 19.1 Å². The van der Waals surface area contributed by atoms with Gasteiger partial charge in [0, 0.05) is 16.9 Å². The van der Waals surface area contributed by atoms with E-state index in [-0.39, 0.29) is 5.91 Å². The number of hydrogen-bond donors (Lipinski definition) is 3. The first-order valence-corrected chi connectivity index (χ1v) is 7.56. The molecule has 2 aromatic rings. The van der Waals surface area contributed by atoms with Gasteiger partial charge in [-0.3, -0.25) is 9.59 Å². The summed E-state index contributed by atoms with van der Waals surface area (Å²) in [5, 5.41) is 5.78. The maximum Gasteiger partial charge on any atom is 0.337 e. The normalized spacial score (nSPS) is 11.3. The molecule has 0 radical (unpaired) electrons. The smallest absolute Gasteiger partial charge is 0.337 e. The van der Waals surface area contributed by atoms with Crippen molar-refractivity contribution in [3.8, 4) is 0 Å². The Hall–Kier alpha value is -3.35. The lowest BCUT2D eigenvalue weighted by Crippen LogP contribution is -2.31. The molecule has 0 saturated carbocycles. The second-order valence-corrected chi connectivity index (χ2v) is 5.37. The lowest BCUT2D eigenvalue weighted by Gasteiger charge is -2.15. The first kappa shape index (κ1) is 18.0. The van der Waals surface area contributed by atoms with Crippen LogP contribution < -0.4 is 16.4 Å². The highest BCUT2D eigenvalue weighted by molar-refractivity contribution is 5.97. The fourth-order valence-corrected chi connectivity index (χ4v) is 2.10. The molecule has 0 unspecified atom stereocenters. The van der Waals surface area contributed by atoms with Crippen LogP contribution in [-0.4, -0.2) is 30.9 Å². The van der Waals surface area contributed by atoms with Gasteiger partial charge in [0.25, 0.3) is 0 Å². The summed E-state index contributed by atoms with van der Waals surface area (Å²) in [5.74, 6) is -1.19. The number of anilines is 2. The van der Waals surface area contributed by atoms with Gasteiger partial charge in [-0.15, -0.1) is 0 Å². The standard InChI is InChI=1S/C18H19N3O4/c1-11(20-14-9-5-13(6-10-14)18(24)25-2)17(23)21-15-7-3-12(4-8-15)16(19)22/h3-11,20H,1-2H3,(H2,19,22)(H,21,23)/t11-/m0/s1. The van der Waals surface area contributed by atoms with E-state index >= 15 is 0 Å². The molecule has 0 heterocycles. The number of carbonyl (C=O) groups is 3. The van der Waals surface area contributed by atoms with Crippen molar-refractivity contribution in [2.45, 2.75) is 13.0 Å². The molecule has 0 aliphatic heterocycles. The number of nitrogens with two attached hydrogens (primary N) is 1. The molecule has 0 saturated heterocycles. The molecule has 0 aliphatic rings. The Morgan fingerprint density at radius 1 is 0.920 bits per heavy atom. The number of primary amides is 1. The first-order valence-electron chi connectivity index (χ1n) is 7.56. The van der Waals surface area contributed by atoms with Crippen LogP contribution in [0, 0.1) is 0 Å². The Bertz CT molecular complexity index is 770. The van der Waals surface area contributed by atoms with Crippen LogP contribution >= 0.6 is 0 Å². The maximum absolute atomic E-state index is 12.2. The number of rotatable bonds is 6. The van der Waals surface area contributed by atoms with Crippen molar-refractivity contribution in [1.29, 1.82) is 0 Å². The fourth-order valence-electron chi connectivity index (χ4n) is 2.10. The van der Waals surface area contributed by atoms with Gasteiger partial charge in [0.15, 0.2) is 0 Å². The van der Waals surface area contributed by atoms with Gasteiger partial charge in [-0.2, -0.15) is 0 Å². The van der Waals surface area contributed by atoms with Crippen molar-refractivity contribution in [2.75, 3.05) is 17.7 Å². The molecule has 2 aromatic carbocycles. The van der Waals surface area contributed by atoms with Gasteiger partial charge in [-0.25, -0.2) is 4.79 Å². The number of ether oxygens (including phenoxy) is 1. The van der Waals surface area contributed by atoms with E-state index in [0.717, 1.165) is 0 Å². The van der Waals surface area contributed by atoms with E-state index in [9.17, 15) is 14.4 Å². The van der Waals surface area contributed by atoms with Gasteiger partial charge in [0.2, 0.25) is 11.8 Å². The Balaban J connectivity index is 1.95. The molecule has 1 atom stereocenters. The zero-order chi connectivity index (χ0) is 18.4. The lowest BCUT2D eigenvalue weighted by molar-refractivity contribution is -0.116. The van der Waals surface area contributed by atoms with Crippen LogP contribution in [0.15, 0.2) is 48.5 Å². The van der Waals surface area contributed by atoms with E-state index in [1.807, 2.05) is 0 Å². The topological polar surface area (TPSA) is 111 Å². The summed E-state index contributed by atoms with van der Waals surface area (Å²) in [6.07, 6.45) is 0. The highest BCUT2D eigenvalue weighted by Crippen LogP contribution is 2.13. The van der Waals surface area contributed by atoms with E-state index in [1.165, 1.54) is 7.11 Å². The summed E-state index contributed by atoms with van der Waals surface area (Å²) in [4.78, 5) is 34.6. The van der Waals surface area contributed by atoms with E-state index in [0.29, 0.717) is 22.5 Å². The third-order valence-corrected chi connectivity index (χ3v) is 3.52. The van der Waals surface area contributed by atoms with Gasteiger partial charge < -0.3 is 21.1 Å². The van der Waals surface area contributed by atoms with E-state index in [4.69, 9.17) is 5.73 Å². The number of hydrogen-bond acceptors (Lipinski definition) is 5. The lowest BCUT2D eigenvalue weighted by atomic mass is 10.2. The Kier molecular flexibility index (Phi) is 5.73. The molecule has 4 N–H and O–H groups in total. The van der Waals surface area contributed by atoms with Crippen molar-refractivity contribution in [3.05, 3.63) is 59.7 Å². The second kappa shape index (κ2) is 7.96. The molecule has 0 aromatic heterocycles. The monoisotopic (exact) mass is 341 g/mol. The number of esters is 1. The van der Waals surface area contributed by atoms with Crippen molar-refractivity contribution >= 4 is 29.2 Å². The number of benzene rings is 2. The van der Waals surface area contributed by atoms with Gasteiger partial charge in [0.05, 0.1) is 12.7 Å². The van der Waals surface area contributed by atoms with Crippen LogP contribution in [0.3, 0.4) is 0 Å². The van der Waals surface area contributed by atoms with Gasteiger partial charge in [-0.1, -0.05) is 0 Å². The predicted octanol–water partition coefficient (Wildman–Crippen LogP) is 2.01. The number of nitrogens with one attached hydrogen (secondary N) is 2. The summed E-state index contributed by atoms with van der Waals surface area (Å²) in [6, 6.07) is 12.4. The zero-order valence-electron chi connectivity index (χ0n) is 13.9. The van der Waals surface area contributed by atoms with Gasteiger partial charge >= 0.3 is 5.97 Å². The second-order valence-electron chi connectivity index (χ2n) is 5.37. The van der Waals surface area contributed by atoms with Gasteiger partial charge in [-0.05, 0) is 55.5 Å². The molecular weight excluding hydrogens is 322 g/mol. The molecule has 2 amide bonds. The molecule has 7 nitrogen and oxygen atoms in total. The maximum atomic E-state index is 12.2. The summed E-state index contributed by atoms with van der Waals surface area (Å²) in [6.45, 7) is 1.71. The molecule has 2 rings (SSSR count).